The fourth-order valence-electron chi connectivity index (χ4n) is 2.70. The highest BCUT2D eigenvalue weighted by Gasteiger charge is 2.29. The number of amides is 1. The van der Waals surface area contributed by atoms with Crippen LogP contribution in [-0.4, -0.2) is 46.1 Å². The van der Waals surface area contributed by atoms with E-state index in [1.807, 2.05) is 13.8 Å². The topological polar surface area (TPSA) is 91.5 Å². The van der Waals surface area contributed by atoms with E-state index in [4.69, 9.17) is 5.73 Å². The smallest absolute Gasteiger partial charge is 0.268 e. The molecule has 0 spiro atoms. The van der Waals surface area contributed by atoms with Gasteiger partial charge in [0, 0.05) is 18.6 Å². The fraction of sp³-hybridized carbons (Fsp3) is 0.714. The molecule has 0 unspecified atom stereocenters. The minimum atomic E-state index is -0.109. The van der Waals surface area contributed by atoms with Crippen LogP contribution in [0.3, 0.4) is 0 Å². The van der Waals surface area contributed by atoms with Crippen LogP contribution in [0, 0.1) is 0 Å². The second kappa shape index (κ2) is 7.09. The van der Waals surface area contributed by atoms with Crippen LogP contribution in [0.2, 0.25) is 0 Å². The van der Waals surface area contributed by atoms with Gasteiger partial charge in [0.25, 0.3) is 5.91 Å². The summed E-state index contributed by atoms with van der Waals surface area (Å²) in [5.74, 6) is 0.164. The highest BCUT2D eigenvalue weighted by Crippen LogP contribution is 2.30. The zero-order chi connectivity index (χ0) is 15.4. The maximum absolute atomic E-state index is 12.7. The summed E-state index contributed by atoms with van der Waals surface area (Å²) in [5.41, 5.74) is 5.90. The molecule has 2 rings (SSSR count). The first-order chi connectivity index (χ1) is 10.0. The minimum absolute atomic E-state index is 0.0297. The van der Waals surface area contributed by atoms with Crippen molar-refractivity contribution in [3.63, 3.8) is 0 Å². The second-order valence-electron chi connectivity index (χ2n) is 5.69. The standard InChI is InChI=1S/C14H24N4O2S/c1-9(2)16-14-17-12(15)11(21-14)13(20)18(7-8-19)10-5-3-4-6-10/h9-10,19H,3-8,15H2,1-2H3,(H,16,17). The summed E-state index contributed by atoms with van der Waals surface area (Å²) >= 11 is 1.29. The molecular formula is C14H24N4O2S. The molecule has 7 heteroatoms. The summed E-state index contributed by atoms with van der Waals surface area (Å²) in [4.78, 5) is 19.2. The van der Waals surface area contributed by atoms with Gasteiger partial charge in [-0.1, -0.05) is 24.2 Å². The molecule has 1 saturated carbocycles. The second-order valence-corrected chi connectivity index (χ2v) is 6.69. The van der Waals surface area contributed by atoms with E-state index in [9.17, 15) is 9.90 Å². The first-order valence-corrected chi connectivity index (χ1v) is 8.29. The van der Waals surface area contributed by atoms with E-state index < -0.39 is 0 Å². The highest BCUT2D eigenvalue weighted by atomic mass is 32.1. The monoisotopic (exact) mass is 312 g/mol. The molecule has 1 fully saturated rings. The number of hydrogen-bond acceptors (Lipinski definition) is 6. The minimum Gasteiger partial charge on any atom is -0.395 e. The van der Waals surface area contributed by atoms with E-state index >= 15 is 0 Å². The van der Waals surface area contributed by atoms with Crippen LogP contribution < -0.4 is 11.1 Å². The van der Waals surface area contributed by atoms with Gasteiger partial charge in [0.1, 0.15) is 10.7 Å². The Hall–Kier alpha value is -1.34. The molecule has 4 N–H and O–H groups in total. The third kappa shape index (κ3) is 3.85. The molecule has 1 aromatic heterocycles. The lowest BCUT2D eigenvalue weighted by Gasteiger charge is -2.27. The number of hydrogen-bond donors (Lipinski definition) is 3. The molecule has 6 nitrogen and oxygen atoms in total. The van der Waals surface area contributed by atoms with Crippen LogP contribution in [0.1, 0.15) is 49.2 Å². The van der Waals surface area contributed by atoms with E-state index in [2.05, 4.69) is 10.3 Å². The molecule has 1 heterocycles. The SMILES string of the molecule is CC(C)Nc1nc(N)c(C(=O)N(CCO)C2CCCC2)s1. The molecule has 1 aliphatic rings. The molecular weight excluding hydrogens is 288 g/mol. The molecule has 1 aliphatic carbocycles. The number of rotatable bonds is 6. The van der Waals surface area contributed by atoms with Gasteiger partial charge in [-0.15, -0.1) is 0 Å². The molecule has 0 radical (unpaired) electrons. The van der Waals surface area contributed by atoms with Crippen LogP contribution in [0.15, 0.2) is 0 Å². The van der Waals surface area contributed by atoms with Gasteiger partial charge >= 0.3 is 0 Å². The van der Waals surface area contributed by atoms with Gasteiger partial charge < -0.3 is 21.1 Å². The lowest BCUT2D eigenvalue weighted by Crippen LogP contribution is -2.40. The number of anilines is 2. The average molecular weight is 312 g/mol. The van der Waals surface area contributed by atoms with Gasteiger partial charge in [0.2, 0.25) is 0 Å². The summed E-state index contributed by atoms with van der Waals surface area (Å²) in [6.07, 6.45) is 4.28. The molecule has 21 heavy (non-hydrogen) atoms. The van der Waals surface area contributed by atoms with Crippen LogP contribution in [0.25, 0.3) is 0 Å². The number of thiazole rings is 1. The van der Waals surface area contributed by atoms with Gasteiger partial charge in [-0.05, 0) is 26.7 Å². The van der Waals surface area contributed by atoms with Crippen molar-refractivity contribution in [2.45, 2.75) is 51.6 Å². The molecule has 1 aromatic rings. The molecule has 0 saturated heterocycles. The van der Waals surface area contributed by atoms with E-state index in [0.29, 0.717) is 16.6 Å². The van der Waals surface area contributed by atoms with E-state index in [-0.39, 0.29) is 30.4 Å². The van der Waals surface area contributed by atoms with E-state index in [1.54, 1.807) is 4.90 Å². The van der Waals surface area contributed by atoms with Crippen molar-refractivity contribution in [2.24, 2.45) is 0 Å². The van der Waals surface area contributed by atoms with Crippen molar-refractivity contribution < 1.29 is 9.90 Å². The van der Waals surface area contributed by atoms with Crippen LogP contribution >= 0.6 is 11.3 Å². The number of carbonyl (C=O) groups is 1. The molecule has 0 aromatic carbocycles. The number of nitrogen functional groups attached to an aromatic ring is 1. The lowest BCUT2D eigenvalue weighted by atomic mass is 10.2. The maximum Gasteiger partial charge on any atom is 0.268 e. The lowest BCUT2D eigenvalue weighted by molar-refractivity contribution is 0.0644. The van der Waals surface area contributed by atoms with Crippen molar-refractivity contribution in [3.05, 3.63) is 4.88 Å². The Morgan fingerprint density at radius 1 is 1.52 bits per heavy atom. The Bertz CT molecular complexity index is 483. The van der Waals surface area contributed by atoms with Crippen LogP contribution in [0.5, 0.6) is 0 Å². The number of aromatic nitrogens is 1. The van der Waals surface area contributed by atoms with Crippen molar-refractivity contribution >= 4 is 28.2 Å². The molecule has 0 aliphatic heterocycles. The fourth-order valence-corrected chi connectivity index (χ4v) is 3.68. The quantitative estimate of drug-likeness (QED) is 0.746. The first-order valence-electron chi connectivity index (χ1n) is 7.47. The third-order valence-electron chi connectivity index (χ3n) is 3.63. The Morgan fingerprint density at radius 3 is 2.76 bits per heavy atom. The summed E-state index contributed by atoms with van der Waals surface area (Å²) < 4.78 is 0. The first kappa shape index (κ1) is 16.0. The van der Waals surface area contributed by atoms with Crippen molar-refractivity contribution in [1.82, 2.24) is 9.88 Å². The molecule has 118 valence electrons. The number of nitrogens with zero attached hydrogens (tertiary/aromatic N) is 2. The normalized spacial score (nSPS) is 15.6. The summed E-state index contributed by atoms with van der Waals surface area (Å²) in [6.45, 7) is 4.34. The van der Waals surface area contributed by atoms with E-state index in [1.165, 1.54) is 11.3 Å². The molecule has 0 bridgehead atoms. The predicted molar refractivity (Wildman–Crippen MR) is 85.7 cm³/mol. The Balaban J connectivity index is 2.17. The van der Waals surface area contributed by atoms with Gasteiger partial charge in [-0.2, -0.15) is 0 Å². The Kier molecular flexibility index (Phi) is 5.41. The van der Waals surface area contributed by atoms with Gasteiger partial charge in [-0.3, -0.25) is 4.79 Å². The third-order valence-corrected chi connectivity index (χ3v) is 4.62. The molecule has 0 atom stereocenters. The Labute approximate surface area is 129 Å². The number of nitrogens with one attached hydrogen (secondary N) is 1. The summed E-state index contributed by atoms with van der Waals surface area (Å²) in [5, 5.41) is 13.1. The molecule has 1 amide bonds. The number of aliphatic hydroxyl groups excluding tert-OH is 1. The average Bonchev–Trinajstić information content (AvgIpc) is 3.04. The van der Waals surface area contributed by atoms with E-state index in [0.717, 1.165) is 25.7 Å². The number of nitrogens with two attached hydrogens (primary N) is 1. The van der Waals surface area contributed by atoms with Crippen LogP contribution in [-0.2, 0) is 0 Å². The number of carbonyl (C=O) groups excluding carboxylic acids is 1. The zero-order valence-corrected chi connectivity index (χ0v) is 13.4. The van der Waals surface area contributed by atoms with Gasteiger partial charge in [0.15, 0.2) is 5.13 Å². The highest BCUT2D eigenvalue weighted by molar-refractivity contribution is 7.18. The number of aliphatic hydroxyl groups is 1. The van der Waals surface area contributed by atoms with Crippen molar-refractivity contribution in [3.8, 4) is 0 Å². The Morgan fingerprint density at radius 2 is 2.19 bits per heavy atom. The zero-order valence-electron chi connectivity index (χ0n) is 12.6. The summed E-state index contributed by atoms with van der Waals surface area (Å²) in [6, 6.07) is 0.453. The van der Waals surface area contributed by atoms with Crippen molar-refractivity contribution in [2.75, 3.05) is 24.2 Å². The summed E-state index contributed by atoms with van der Waals surface area (Å²) in [7, 11) is 0. The largest absolute Gasteiger partial charge is 0.395 e. The van der Waals surface area contributed by atoms with Gasteiger partial charge in [-0.25, -0.2) is 4.98 Å². The van der Waals surface area contributed by atoms with Crippen LogP contribution in [0.4, 0.5) is 10.9 Å². The van der Waals surface area contributed by atoms with Gasteiger partial charge in [0.05, 0.1) is 6.61 Å². The maximum atomic E-state index is 12.7. The predicted octanol–water partition coefficient (Wildman–Crippen LogP) is 1.92. The van der Waals surface area contributed by atoms with Crippen molar-refractivity contribution in [1.29, 1.82) is 0 Å².